The zero-order valence-electron chi connectivity index (χ0n) is 11.1. The Morgan fingerprint density at radius 3 is 1.45 bits per heavy atom. The van der Waals surface area contributed by atoms with Gasteiger partial charge in [0.15, 0.2) is 0 Å². The fraction of sp³-hybridized carbons (Fsp3) is 0. The molecule has 0 aliphatic heterocycles. The number of benzene rings is 4. The molecular formula is C16H8N2O4. The molecule has 4 aromatic carbocycles. The van der Waals surface area contributed by atoms with E-state index in [1.165, 1.54) is 12.1 Å². The number of rotatable bonds is 2. The molecule has 4 aromatic rings. The highest BCUT2D eigenvalue weighted by Gasteiger charge is 2.22. The molecule has 0 aliphatic carbocycles. The lowest BCUT2D eigenvalue weighted by atomic mass is 9.92. The fourth-order valence-electron chi connectivity index (χ4n) is 3.12. The molecule has 0 unspecified atom stereocenters. The highest BCUT2D eigenvalue weighted by molar-refractivity contribution is 6.27. The molecular weight excluding hydrogens is 284 g/mol. The standard InChI is InChI=1S/C16H8N2O4/c19-17(20)13-8-10-4-2-6-12-14(18(21)22)7-9-3-1-5-11(13)15(9)16(10)12/h1-8H. The summed E-state index contributed by atoms with van der Waals surface area (Å²) in [6.07, 6.45) is 0. The first-order valence-electron chi connectivity index (χ1n) is 6.57. The van der Waals surface area contributed by atoms with Gasteiger partial charge < -0.3 is 0 Å². The van der Waals surface area contributed by atoms with E-state index in [-0.39, 0.29) is 11.4 Å². The van der Waals surface area contributed by atoms with Crippen molar-refractivity contribution in [1.82, 2.24) is 0 Å². The quantitative estimate of drug-likeness (QED) is 0.311. The van der Waals surface area contributed by atoms with E-state index in [1.54, 1.807) is 36.4 Å². The van der Waals surface area contributed by atoms with Crippen molar-refractivity contribution >= 4 is 43.7 Å². The van der Waals surface area contributed by atoms with Crippen LogP contribution < -0.4 is 0 Å². The maximum atomic E-state index is 11.3. The van der Waals surface area contributed by atoms with Gasteiger partial charge in [-0.1, -0.05) is 24.3 Å². The second kappa shape index (κ2) is 4.11. The van der Waals surface area contributed by atoms with Gasteiger partial charge >= 0.3 is 0 Å². The molecule has 6 nitrogen and oxygen atoms in total. The summed E-state index contributed by atoms with van der Waals surface area (Å²) in [6, 6.07) is 13.2. The van der Waals surface area contributed by atoms with Crippen LogP contribution in [0.5, 0.6) is 0 Å². The van der Waals surface area contributed by atoms with Crippen molar-refractivity contribution in [2.24, 2.45) is 0 Å². The van der Waals surface area contributed by atoms with Gasteiger partial charge in [-0.05, 0) is 22.9 Å². The van der Waals surface area contributed by atoms with Crippen LogP contribution in [0.4, 0.5) is 11.4 Å². The first-order valence-corrected chi connectivity index (χ1v) is 6.57. The minimum atomic E-state index is -0.419. The van der Waals surface area contributed by atoms with Crippen molar-refractivity contribution in [1.29, 1.82) is 0 Å². The molecule has 0 fully saturated rings. The molecule has 0 atom stereocenters. The molecule has 0 spiro atoms. The van der Waals surface area contributed by atoms with Gasteiger partial charge in [0.05, 0.1) is 20.6 Å². The topological polar surface area (TPSA) is 86.3 Å². The zero-order valence-corrected chi connectivity index (χ0v) is 11.1. The molecule has 0 aliphatic rings. The third kappa shape index (κ3) is 1.49. The van der Waals surface area contributed by atoms with Gasteiger partial charge in [-0.3, -0.25) is 20.2 Å². The second-order valence-corrected chi connectivity index (χ2v) is 5.11. The van der Waals surface area contributed by atoms with E-state index in [4.69, 9.17) is 0 Å². The molecule has 0 saturated carbocycles. The molecule has 0 bridgehead atoms. The van der Waals surface area contributed by atoms with E-state index in [1.807, 2.05) is 0 Å². The Morgan fingerprint density at radius 2 is 1.09 bits per heavy atom. The largest absolute Gasteiger partial charge is 0.277 e. The molecule has 0 radical (unpaired) electrons. The van der Waals surface area contributed by atoms with E-state index in [0.717, 1.165) is 0 Å². The van der Waals surface area contributed by atoms with Gasteiger partial charge in [0.25, 0.3) is 11.4 Å². The Bertz CT molecular complexity index is 1000. The van der Waals surface area contributed by atoms with Crippen LogP contribution in [0.1, 0.15) is 0 Å². The normalized spacial score (nSPS) is 11.5. The predicted octanol–water partition coefficient (Wildman–Crippen LogP) is 4.40. The monoisotopic (exact) mass is 292 g/mol. The third-order valence-electron chi connectivity index (χ3n) is 3.97. The van der Waals surface area contributed by atoms with Crippen molar-refractivity contribution < 1.29 is 9.85 Å². The number of hydrogen-bond donors (Lipinski definition) is 0. The van der Waals surface area contributed by atoms with Crippen molar-refractivity contribution in [3.8, 4) is 0 Å². The minimum Gasteiger partial charge on any atom is -0.258 e. The van der Waals surface area contributed by atoms with E-state index in [2.05, 4.69) is 0 Å². The third-order valence-corrected chi connectivity index (χ3v) is 3.97. The van der Waals surface area contributed by atoms with Crippen LogP contribution in [0.2, 0.25) is 0 Å². The Kier molecular flexibility index (Phi) is 2.33. The average molecular weight is 292 g/mol. The number of nitrogens with zero attached hydrogens (tertiary/aromatic N) is 2. The summed E-state index contributed by atoms with van der Waals surface area (Å²) >= 11 is 0. The van der Waals surface area contributed by atoms with E-state index < -0.39 is 9.85 Å². The first kappa shape index (κ1) is 12.5. The molecule has 0 aromatic heterocycles. The van der Waals surface area contributed by atoms with Gasteiger partial charge in [-0.2, -0.15) is 0 Å². The smallest absolute Gasteiger partial charge is 0.258 e. The molecule has 0 amide bonds. The maximum Gasteiger partial charge on any atom is 0.277 e. The summed E-state index contributed by atoms with van der Waals surface area (Å²) in [4.78, 5) is 21.8. The molecule has 6 heteroatoms. The van der Waals surface area contributed by atoms with Crippen LogP contribution in [0, 0.1) is 20.2 Å². The van der Waals surface area contributed by atoms with Crippen LogP contribution in [0.3, 0.4) is 0 Å². The summed E-state index contributed by atoms with van der Waals surface area (Å²) in [7, 11) is 0. The predicted molar refractivity (Wildman–Crippen MR) is 83.5 cm³/mol. The molecule has 0 N–H and O–H groups in total. The molecule has 22 heavy (non-hydrogen) atoms. The summed E-state index contributed by atoms with van der Waals surface area (Å²) in [6.45, 7) is 0. The summed E-state index contributed by atoms with van der Waals surface area (Å²) in [5, 5.41) is 26.3. The Balaban J connectivity index is 2.39. The van der Waals surface area contributed by atoms with Crippen molar-refractivity contribution in [3.05, 3.63) is 68.8 Å². The van der Waals surface area contributed by atoms with E-state index in [9.17, 15) is 20.2 Å². The average Bonchev–Trinajstić information content (AvgIpc) is 2.51. The van der Waals surface area contributed by atoms with Crippen LogP contribution in [0.15, 0.2) is 48.5 Å². The SMILES string of the molecule is O=[N+]([O-])c1cc2cccc3c([N+](=O)[O-])cc4cccc1c4c23. The summed E-state index contributed by atoms with van der Waals surface area (Å²) < 4.78 is 0. The van der Waals surface area contributed by atoms with Crippen LogP contribution >= 0.6 is 0 Å². The molecule has 4 rings (SSSR count). The Morgan fingerprint density at radius 1 is 0.682 bits per heavy atom. The highest BCUT2D eigenvalue weighted by atomic mass is 16.6. The zero-order chi connectivity index (χ0) is 15.4. The fourth-order valence-corrected chi connectivity index (χ4v) is 3.12. The Labute approximate surface area is 123 Å². The number of nitro groups is 2. The van der Waals surface area contributed by atoms with Gasteiger partial charge in [-0.15, -0.1) is 0 Å². The lowest BCUT2D eigenvalue weighted by Crippen LogP contribution is -1.95. The lowest BCUT2D eigenvalue weighted by Gasteiger charge is -2.11. The second-order valence-electron chi connectivity index (χ2n) is 5.11. The minimum absolute atomic E-state index is 0.0134. The van der Waals surface area contributed by atoms with Crippen molar-refractivity contribution in [2.75, 3.05) is 0 Å². The van der Waals surface area contributed by atoms with Gasteiger partial charge in [0.2, 0.25) is 0 Å². The number of non-ortho nitro benzene ring substituents is 2. The van der Waals surface area contributed by atoms with Crippen LogP contribution in [-0.2, 0) is 0 Å². The van der Waals surface area contributed by atoms with Crippen LogP contribution in [0.25, 0.3) is 32.3 Å². The first-order chi connectivity index (χ1) is 10.6. The maximum absolute atomic E-state index is 11.3. The van der Waals surface area contributed by atoms with E-state index >= 15 is 0 Å². The molecule has 0 heterocycles. The molecule has 106 valence electrons. The van der Waals surface area contributed by atoms with Gasteiger partial charge in [-0.25, -0.2) is 0 Å². The van der Waals surface area contributed by atoms with Crippen molar-refractivity contribution in [2.45, 2.75) is 0 Å². The number of hydrogen-bond acceptors (Lipinski definition) is 4. The lowest BCUT2D eigenvalue weighted by molar-refractivity contribution is -0.383. The van der Waals surface area contributed by atoms with Crippen LogP contribution in [-0.4, -0.2) is 9.85 Å². The van der Waals surface area contributed by atoms with Gasteiger partial charge in [0, 0.05) is 22.9 Å². The van der Waals surface area contributed by atoms with Gasteiger partial charge in [0.1, 0.15) is 0 Å². The summed E-state index contributed by atoms with van der Waals surface area (Å²) in [5.41, 5.74) is 0.0268. The molecule has 0 saturated heterocycles. The Hall–Kier alpha value is -3.28. The highest BCUT2D eigenvalue weighted by Crippen LogP contribution is 2.42. The summed E-state index contributed by atoms with van der Waals surface area (Å²) in [5.74, 6) is 0. The number of nitro benzene ring substituents is 2. The van der Waals surface area contributed by atoms with Crippen molar-refractivity contribution in [3.63, 3.8) is 0 Å². The van der Waals surface area contributed by atoms with E-state index in [0.29, 0.717) is 32.3 Å².